The monoisotopic (exact) mass is 293 g/mol. The highest BCUT2D eigenvalue weighted by Gasteiger charge is 2.18. The minimum absolute atomic E-state index is 0.0478. The van der Waals surface area contributed by atoms with E-state index in [9.17, 15) is 10.1 Å². The maximum atomic E-state index is 11.2. The second-order valence-electron chi connectivity index (χ2n) is 4.78. The molecule has 0 bridgehead atoms. The van der Waals surface area contributed by atoms with Gasteiger partial charge in [0.15, 0.2) is 11.5 Å². The molecule has 1 fully saturated rings. The van der Waals surface area contributed by atoms with Crippen LogP contribution in [0.15, 0.2) is 17.2 Å². The maximum absolute atomic E-state index is 11.2. The molecule has 1 saturated heterocycles. The Balaban J connectivity index is 2.31. The van der Waals surface area contributed by atoms with E-state index in [4.69, 9.17) is 9.47 Å². The van der Waals surface area contributed by atoms with E-state index < -0.39 is 4.92 Å². The summed E-state index contributed by atoms with van der Waals surface area (Å²) < 4.78 is 10.3. The lowest BCUT2D eigenvalue weighted by Crippen LogP contribution is -2.24. The first kappa shape index (κ1) is 15.1. The number of methoxy groups -OCH3 is 2. The fourth-order valence-corrected chi connectivity index (χ4v) is 2.28. The molecule has 0 N–H and O–H groups in total. The van der Waals surface area contributed by atoms with Crippen LogP contribution in [0.2, 0.25) is 0 Å². The molecule has 1 aliphatic heterocycles. The van der Waals surface area contributed by atoms with Crippen molar-refractivity contribution in [2.75, 3.05) is 27.3 Å². The molecule has 0 radical (unpaired) electrons. The van der Waals surface area contributed by atoms with E-state index in [2.05, 4.69) is 5.10 Å². The van der Waals surface area contributed by atoms with Crippen LogP contribution in [0.25, 0.3) is 0 Å². The highest BCUT2D eigenvalue weighted by Crippen LogP contribution is 2.33. The lowest BCUT2D eigenvalue weighted by atomic mass is 10.1. The molecular weight excluding hydrogens is 274 g/mol. The second kappa shape index (κ2) is 6.92. The van der Waals surface area contributed by atoms with Crippen LogP contribution in [0.3, 0.4) is 0 Å². The summed E-state index contributed by atoms with van der Waals surface area (Å²) in [5.41, 5.74) is 0.358. The first-order valence-corrected chi connectivity index (χ1v) is 6.85. The molecule has 1 heterocycles. The van der Waals surface area contributed by atoms with Crippen LogP contribution >= 0.6 is 0 Å². The maximum Gasteiger partial charge on any atom is 0.282 e. The normalized spacial score (nSPS) is 15.2. The van der Waals surface area contributed by atoms with Crippen molar-refractivity contribution in [1.29, 1.82) is 0 Å². The Morgan fingerprint density at radius 1 is 1.19 bits per heavy atom. The van der Waals surface area contributed by atoms with Gasteiger partial charge in [-0.05, 0) is 25.3 Å². The van der Waals surface area contributed by atoms with Gasteiger partial charge in [0.05, 0.1) is 37.0 Å². The molecule has 21 heavy (non-hydrogen) atoms. The third-order valence-electron chi connectivity index (χ3n) is 3.42. The minimum atomic E-state index is -0.445. The molecule has 2 rings (SSSR count). The molecule has 114 valence electrons. The van der Waals surface area contributed by atoms with Crippen LogP contribution in [-0.2, 0) is 0 Å². The predicted octanol–water partition coefficient (Wildman–Crippen LogP) is 2.43. The average molecular weight is 293 g/mol. The Bertz CT molecular complexity index is 539. The Morgan fingerprint density at radius 3 is 2.38 bits per heavy atom. The molecule has 7 heteroatoms. The van der Waals surface area contributed by atoms with Gasteiger partial charge in [-0.2, -0.15) is 5.10 Å². The standard InChI is InChI=1S/C14H19N3O4/c1-20-13-8-11(10-15-16-6-4-3-5-7-16)12(17(18)19)9-14(13)21-2/h8-10H,3-7H2,1-2H3/b15-10-. The number of benzene rings is 1. The first-order chi connectivity index (χ1) is 10.2. The van der Waals surface area contributed by atoms with E-state index in [-0.39, 0.29) is 5.69 Å². The summed E-state index contributed by atoms with van der Waals surface area (Å²) in [6, 6.07) is 2.93. The minimum Gasteiger partial charge on any atom is -0.493 e. The topological polar surface area (TPSA) is 77.2 Å². The zero-order chi connectivity index (χ0) is 15.2. The van der Waals surface area contributed by atoms with Crippen molar-refractivity contribution >= 4 is 11.9 Å². The second-order valence-corrected chi connectivity index (χ2v) is 4.78. The summed E-state index contributed by atoms with van der Waals surface area (Å²) >= 11 is 0. The molecule has 0 unspecified atom stereocenters. The number of hydrazone groups is 1. The highest BCUT2D eigenvalue weighted by molar-refractivity contribution is 5.86. The van der Waals surface area contributed by atoms with E-state index in [1.165, 1.54) is 32.9 Å². The Kier molecular flexibility index (Phi) is 4.97. The smallest absolute Gasteiger partial charge is 0.282 e. The molecular formula is C14H19N3O4. The van der Waals surface area contributed by atoms with Gasteiger partial charge in [0.25, 0.3) is 5.69 Å². The summed E-state index contributed by atoms with van der Waals surface area (Å²) in [6.45, 7) is 1.77. The van der Waals surface area contributed by atoms with E-state index in [0.717, 1.165) is 25.9 Å². The van der Waals surface area contributed by atoms with E-state index >= 15 is 0 Å². The van der Waals surface area contributed by atoms with E-state index in [0.29, 0.717) is 17.1 Å². The molecule has 1 aromatic carbocycles. The Labute approximate surface area is 123 Å². The van der Waals surface area contributed by atoms with Gasteiger partial charge in [-0.25, -0.2) is 0 Å². The Morgan fingerprint density at radius 2 is 1.81 bits per heavy atom. The number of hydrogen-bond donors (Lipinski definition) is 0. The number of nitro groups is 1. The number of hydrogen-bond acceptors (Lipinski definition) is 6. The molecule has 0 spiro atoms. The van der Waals surface area contributed by atoms with Crippen molar-refractivity contribution < 1.29 is 14.4 Å². The zero-order valence-electron chi connectivity index (χ0n) is 12.2. The van der Waals surface area contributed by atoms with Crippen molar-refractivity contribution in [3.05, 3.63) is 27.8 Å². The lowest BCUT2D eigenvalue weighted by Gasteiger charge is -2.23. The summed E-state index contributed by atoms with van der Waals surface area (Å²) in [6.07, 6.45) is 4.94. The van der Waals surface area contributed by atoms with Crippen LogP contribution in [0.4, 0.5) is 5.69 Å². The third kappa shape index (κ3) is 3.62. The first-order valence-electron chi connectivity index (χ1n) is 6.85. The van der Waals surface area contributed by atoms with Gasteiger partial charge in [0, 0.05) is 13.1 Å². The van der Waals surface area contributed by atoms with E-state index in [1.54, 1.807) is 6.07 Å². The van der Waals surface area contributed by atoms with Gasteiger partial charge >= 0.3 is 0 Å². The van der Waals surface area contributed by atoms with E-state index in [1.807, 2.05) is 5.01 Å². The van der Waals surface area contributed by atoms with Crippen LogP contribution in [-0.4, -0.2) is 43.5 Å². The summed E-state index contributed by atoms with van der Waals surface area (Å²) in [5.74, 6) is 0.780. The predicted molar refractivity (Wildman–Crippen MR) is 79.2 cm³/mol. The number of nitrogens with zero attached hydrogens (tertiary/aromatic N) is 3. The summed E-state index contributed by atoms with van der Waals surface area (Å²) in [7, 11) is 2.94. The van der Waals surface area contributed by atoms with Gasteiger partial charge in [-0.15, -0.1) is 0 Å². The van der Waals surface area contributed by atoms with Gasteiger partial charge < -0.3 is 9.47 Å². The number of ether oxygens (including phenoxy) is 2. The molecule has 0 amide bonds. The molecule has 0 aromatic heterocycles. The zero-order valence-corrected chi connectivity index (χ0v) is 12.2. The van der Waals surface area contributed by atoms with Crippen LogP contribution < -0.4 is 9.47 Å². The Hall–Kier alpha value is -2.31. The van der Waals surface area contributed by atoms with Crippen LogP contribution in [0.5, 0.6) is 11.5 Å². The molecule has 0 atom stereocenters. The number of piperidine rings is 1. The largest absolute Gasteiger partial charge is 0.493 e. The van der Waals surface area contributed by atoms with Gasteiger partial charge in [0.1, 0.15) is 0 Å². The van der Waals surface area contributed by atoms with Crippen molar-refractivity contribution in [2.24, 2.45) is 5.10 Å². The van der Waals surface area contributed by atoms with Crippen molar-refractivity contribution in [3.8, 4) is 11.5 Å². The summed E-state index contributed by atoms with van der Waals surface area (Å²) in [4.78, 5) is 10.7. The average Bonchev–Trinajstić information content (AvgIpc) is 2.52. The van der Waals surface area contributed by atoms with Crippen molar-refractivity contribution in [1.82, 2.24) is 5.01 Å². The third-order valence-corrected chi connectivity index (χ3v) is 3.42. The van der Waals surface area contributed by atoms with Gasteiger partial charge in [-0.1, -0.05) is 0 Å². The molecule has 0 aliphatic carbocycles. The quantitative estimate of drug-likeness (QED) is 0.473. The molecule has 1 aromatic rings. The molecule has 0 saturated carbocycles. The molecule has 1 aliphatic rings. The molecule has 7 nitrogen and oxygen atoms in total. The van der Waals surface area contributed by atoms with Crippen molar-refractivity contribution in [2.45, 2.75) is 19.3 Å². The lowest BCUT2D eigenvalue weighted by molar-refractivity contribution is -0.385. The van der Waals surface area contributed by atoms with Gasteiger partial charge in [-0.3, -0.25) is 15.1 Å². The fourth-order valence-electron chi connectivity index (χ4n) is 2.28. The van der Waals surface area contributed by atoms with Crippen molar-refractivity contribution in [3.63, 3.8) is 0 Å². The van der Waals surface area contributed by atoms with Crippen LogP contribution in [0.1, 0.15) is 24.8 Å². The van der Waals surface area contributed by atoms with Crippen LogP contribution in [0, 0.1) is 10.1 Å². The summed E-state index contributed by atoms with van der Waals surface area (Å²) in [5, 5.41) is 17.4. The highest BCUT2D eigenvalue weighted by atomic mass is 16.6. The number of nitro benzene ring substituents is 1. The fraction of sp³-hybridized carbons (Fsp3) is 0.500. The SMILES string of the molecule is COc1cc(/C=N\N2CCCCC2)c([N+](=O)[O-])cc1OC. The van der Waals surface area contributed by atoms with Gasteiger partial charge in [0.2, 0.25) is 0 Å². The number of rotatable bonds is 5.